The van der Waals surface area contributed by atoms with Gasteiger partial charge < -0.3 is 18.9 Å². The highest BCUT2D eigenvalue weighted by Crippen LogP contribution is 2.43. The normalized spacial score (nSPS) is 14.3. The molecule has 0 heterocycles. The minimum atomic E-state index is -4.33. The summed E-state index contributed by atoms with van der Waals surface area (Å²) >= 11 is 0. The number of likely N-dealkylation sites (N-methyl/N-ethyl adjacent to an activating group) is 1. The van der Waals surface area contributed by atoms with Gasteiger partial charge in [-0.3, -0.25) is 18.6 Å². The molecule has 214 valence electrons. The van der Waals surface area contributed by atoms with Gasteiger partial charge in [-0.25, -0.2) is 4.57 Å². The first-order valence-corrected chi connectivity index (χ1v) is 15.3. The number of phosphoric acid groups is 1. The van der Waals surface area contributed by atoms with Crippen molar-refractivity contribution in [2.24, 2.45) is 0 Å². The average molecular weight is 539 g/mol. The van der Waals surface area contributed by atoms with Crippen LogP contribution in [0.5, 0.6) is 0 Å². The van der Waals surface area contributed by atoms with E-state index in [0.717, 1.165) is 44.9 Å². The summed E-state index contributed by atoms with van der Waals surface area (Å²) in [5, 5.41) is 0. The summed E-state index contributed by atoms with van der Waals surface area (Å²) in [6, 6.07) is 0. The first-order valence-electron chi connectivity index (χ1n) is 13.8. The highest BCUT2D eigenvalue weighted by molar-refractivity contribution is 7.47. The van der Waals surface area contributed by atoms with Crippen molar-refractivity contribution >= 4 is 19.8 Å². The summed E-state index contributed by atoms with van der Waals surface area (Å²) in [7, 11) is 1.47. The minimum Gasteiger partial charge on any atom is -0.462 e. The van der Waals surface area contributed by atoms with Crippen LogP contribution in [-0.4, -0.2) is 74.9 Å². The third-order valence-electron chi connectivity index (χ3n) is 5.64. The van der Waals surface area contributed by atoms with Crippen LogP contribution in [0.25, 0.3) is 0 Å². The number of hydrogen-bond donors (Lipinski definition) is 1. The lowest BCUT2D eigenvalue weighted by molar-refractivity contribution is -0.870. The fraction of sp³-hybridized carbons (Fsp3) is 0.923. The van der Waals surface area contributed by atoms with Gasteiger partial charge in [-0.15, -0.1) is 0 Å². The molecule has 0 spiro atoms. The second kappa shape index (κ2) is 21.0. The topological polar surface area (TPSA) is 108 Å². The van der Waals surface area contributed by atoms with Crippen molar-refractivity contribution in [1.82, 2.24) is 0 Å². The summed E-state index contributed by atoms with van der Waals surface area (Å²) in [6.45, 7) is 4.23. The maximum absolute atomic E-state index is 12.3. The van der Waals surface area contributed by atoms with Crippen molar-refractivity contribution in [2.45, 2.75) is 110 Å². The number of ether oxygens (including phenoxy) is 2. The molecule has 1 N–H and O–H groups in total. The van der Waals surface area contributed by atoms with Gasteiger partial charge in [0.05, 0.1) is 27.7 Å². The predicted molar refractivity (Wildman–Crippen MR) is 141 cm³/mol. The van der Waals surface area contributed by atoms with E-state index in [2.05, 4.69) is 13.8 Å². The fourth-order valence-corrected chi connectivity index (χ4v) is 4.10. The molecule has 0 amide bonds. The lowest BCUT2D eigenvalue weighted by Crippen LogP contribution is -2.37. The smallest absolute Gasteiger partial charge is 0.462 e. The molecule has 0 radical (unpaired) electrons. The van der Waals surface area contributed by atoms with Gasteiger partial charge in [0.25, 0.3) is 0 Å². The molecule has 0 fully saturated rings. The molecule has 0 saturated carbocycles. The molecular weight excluding hydrogens is 485 g/mol. The van der Waals surface area contributed by atoms with Crippen LogP contribution in [0.15, 0.2) is 0 Å². The third kappa shape index (κ3) is 23.4. The molecule has 0 rings (SSSR count). The number of unbranched alkanes of at least 4 members (excludes halogenated alkanes) is 10. The van der Waals surface area contributed by atoms with Gasteiger partial charge in [-0.1, -0.05) is 78.1 Å². The molecule has 2 atom stereocenters. The Hall–Kier alpha value is -0.990. The second-order valence-corrected chi connectivity index (χ2v) is 11.9. The quantitative estimate of drug-likeness (QED) is 0.0713. The number of carbonyl (C=O) groups is 2. The van der Waals surface area contributed by atoms with Crippen molar-refractivity contribution in [3.05, 3.63) is 0 Å². The van der Waals surface area contributed by atoms with Crippen LogP contribution >= 0.6 is 7.82 Å². The SMILES string of the molecule is CCCCCCCCCC(=O)OC[C@H](COP(=O)(O)OCC[N+](C)(C)C)OC(=O)CCCCCCC. The predicted octanol–water partition coefficient (Wildman–Crippen LogP) is 5.78. The lowest BCUT2D eigenvalue weighted by Gasteiger charge is -2.24. The van der Waals surface area contributed by atoms with Crippen molar-refractivity contribution in [3.8, 4) is 0 Å². The molecule has 0 saturated heterocycles. The molecule has 1 unspecified atom stereocenters. The molecule has 0 aromatic heterocycles. The van der Waals surface area contributed by atoms with Gasteiger partial charge in [0, 0.05) is 12.8 Å². The van der Waals surface area contributed by atoms with E-state index in [1.807, 2.05) is 21.1 Å². The van der Waals surface area contributed by atoms with Gasteiger partial charge in [0.15, 0.2) is 6.10 Å². The maximum Gasteiger partial charge on any atom is 0.472 e. The molecule has 0 bridgehead atoms. The number of esters is 2. The Labute approximate surface area is 219 Å². The first kappa shape index (κ1) is 35.0. The van der Waals surface area contributed by atoms with Crippen LogP contribution in [0, 0.1) is 0 Å². The Morgan fingerprint density at radius 1 is 0.750 bits per heavy atom. The van der Waals surface area contributed by atoms with Gasteiger partial charge in [0.1, 0.15) is 19.8 Å². The van der Waals surface area contributed by atoms with Gasteiger partial charge in [0.2, 0.25) is 0 Å². The van der Waals surface area contributed by atoms with E-state index < -0.39 is 26.5 Å². The molecule has 0 aromatic rings. The highest BCUT2D eigenvalue weighted by Gasteiger charge is 2.27. The molecule has 36 heavy (non-hydrogen) atoms. The first-order chi connectivity index (χ1) is 17.0. The van der Waals surface area contributed by atoms with E-state index >= 15 is 0 Å². The Morgan fingerprint density at radius 3 is 1.78 bits per heavy atom. The third-order valence-corrected chi connectivity index (χ3v) is 6.62. The van der Waals surface area contributed by atoms with E-state index in [9.17, 15) is 19.0 Å². The molecule has 0 aliphatic rings. The van der Waals surface area contributed by atoms with E-state index in [1.54, 1.807) is 0 Å². The van der Waals surface area contributed by atoms with Crippen LogP contribution in [0.2, 0.25) is 0 Å². The number of carbonyl (C=O) groups excluding carboxylic acids is 2. The van der Waals surface area contributed by atoms with E-state index in [4.69, 9.17) is 18.5 Å². The zero-order valence-electron chi connectivity index (χ0n) is 23.5. The van der Waals surface area contributed by atoms with Crippen molar-refractivity contribution < 1.29 is 42.1 Å². The zero-order valence-corrected chi connectivity index (χ0v) is 24.4. The Kier molecular flexibility index (Phi) is 20.4. The van der Waals surface area contributed by atoms with E-state index in [-0.39, 0.29) is 25.6 Å². The highest BCUT2D eigenvalue weighted by atomic mass is 31.2. The summed E-state index contributed by atoms with van der Waals surface area (Å²) in [6.07, 6.45) is 12.1. The molecule has 10 heteroatoms. The number of nitrogens with zero attached hydrogens (tertiary/aromatic N) is 1. The minimum absolute atomic E-state index is 0.0346. The molecule has 0 aliphatic carbocycles. The summed E-state index contributed by atoms with van der Waals surface area (Å²) in [4.78, 5) is 34.4. The molecule has 9 nitrogen and oxygen atoms in total. The number of quaternary nitrogens is 1. The summed E-state index contributed by atoms with van der Waals surface area (Å²) in [5.74, 6) is -0.822. The Morgan fingerprint density at radius 2 is 1.25 bits per heavy atom. The van der Waals surface area contributed by atoms with Crippen LogP contribution in [-0.2, 0) is 32.7 Å². The number of hydrogen-bond acceptors (Lipinski definition) is 7. The van der Waals surface area contributed by atoms with Gasteiger partial charge in [-0.2, -0.15) is 0 Å². The molecule has 0 aromatic carbocycles. The second-order valence-electron chi connectivity index (χ2n) is 10.4. The molecular formula is C26H53NO8P+. The van der Waals surface area contributed by atoms with Gasteiger partial charge >= 0.3 is 19.8 Å². The summed E-state index contributed by atoms with van der Waals surface area (Å²) < 4.78 is 33.6. The van der Waals surface area contributed by atoms with Crippen LogP contribution in [0.1, 0.15) is 104 Å². The number of rotatable bonds is 24. The number of phosphoric ester groups is 1. The fourth-order valence-electron chi connectivity index (χ4n) is 3.36. The van der Waals surface area contributed by atoms with E-state index in [0.29, 0.717) is 23.9 Å². The van der Waals surface area contributed by atoms with Crippen LogP contribution < -0.4 is 0 Å². The zero-order chi connectivity index (χ0) is 27.3. The maximum atomic E-state index is 12.3. The summed E-state index contributed by atoms with van der Waals surface area (Å²) in [5.41, 5.74) is 0. The van der Waals surface area contributed by atoms with Crippen LogP contribution in [0.3, 0.4) is 0 Å². The van der Waals surface area contributed by atoms with Crippen LogP contribution in [0.4, 0.5) is 0 Å². The van der Waals surface area contributed by atoms with Crippen molar-refractivity contribution in [2.75, 3.05) is 47.5 Å². The molecule has 0 aliphatic heterocycles. The largest absolute Gasteiger partial charge is 0.472 e. The van der Waals surface area contributed by atoms with Crippen molar-refractivity contribution in [3.63, 3.8) is 0 Å². The lowest BCUT2D eigenvalue weighted by atomic mass is 10.1. The average Bonchev–Trinajstić information content (AvgIpc) is 2.79. The van der Waals surface area contributed by atoms with Crippen molar-refractivity contribution in [1.29, 1.82) is 0 Å². The van der Waals surface area contributed by atoms with E-state index in [1.165, 1.54) is 25.7 Å². The monoisotopic (exact) mass is 538 g/mol. The van der Waals surface area contributed by atoms with Gasteiger partial charge in [-0.05, 0) is 12.8 Å². The standard InChI is InChI=1S/C26H52NO8P/c1-6-8-10-12-13-15-16-18-25(28)32-22-24(35-26(29)19-17-14-11-9-7-2)23-34-36(30,31)33-21-20-27(3,4)5/h24H,6-23H2,1-5H3/p+1/t24-/m1/s1. The Balaban J connectivity index is 4.58. The Bertz CT molecular complexity index is 624.